The monoisotopic (exact) mass is 525 g/mol. The van der Waals surface area contributed by atoms with Crippen LogP contribution in [-0.4, -0.2) is 40.8 Å². The summed E-state index contributed by atoms with van der Waals surface area (Å²) in [7, 11) is 0. The van der Waals surface area contributed by atoms with Crippen LogP contribution in [0.5, 0.6) is 5.75 Å². The average molecular weight is 526 g/mol. The molecule has 0 radical (unpaired) electrons. The summed E-state index contributed by atoms with van der Waals surface area (Å²) >= 11 is 3.43. The van der Waals surface area contributed by atoms with Gasteiger partial charge in [-0.2, -0.15) is 5.10 Å². The Labute approximate surface area is 205 Å². The molecule has 3 rings (SSSR count). The van der Waals surface area contributed by atoms with Crippen LogP contribution < -0.4 is 15.5 Å². The van der Waals surface area contributed by atoms with Gasteiger partial charge < -0.3 is 19.8 Å². The van der Waals surface area contributed by atoms with E-state index in [0.29, 0.717) is 18.1 Å². The highest BCUT2D eigenvalue weighted by Gasteiger charge is 2.22. The Bertz CT molecular complexity index is 1120. The minimum atomic E-state index is -0.928. The molecule has 0 saturated heterocycles. The molecule has 1 aromatic heterocycles. The molecule has 0 bridgehead atoms. The number of benzene rings is 2. The van der Waals surface area contributed by atoms with Crippen LogP contribution in [0.15, 0.2) is 83.3 Å². The quantitative estimate of drug-likeness (QED) is 0.200. The van der Waals surface area contributed by atoms with Crippen molar-refractivity contribution in [1.82, 2.24) is 20.7 Å². The van der Waals surface area contributed by atoms with Gasteiger partial charge in [-0.3, -0.25) is 4.79 Å². The van der Waals surface area contributed by atoms with Gasteiger partial charge in [0.2, 0.25) is 0 Å². The number of amides is 2. The number of halogens is 1. The molecule has 1 heterocycles. The molecule has 34 heavy (non-hydrogen) atoms. The molecule has 0 aliphatic carbocycles. The first kappa shape index (κ1) is 24.7. The van der Waals surface area contributed by atoms with Gasteiger partial charge in [-0.25, -0.2) is 15.2 Å². The molecule has 0 unspecified atom stereocenters. The zero-order chi connectivity index (χ0) is 24.2. The van der Waals surface area contributed by atoms with Crippen molar-refractivity contribution in [3.05, 3.63) is 95.0 Å². The maximum atomic E-state index is 12.7. The third kappa shape index (κ3) is 7.89. The van der Waals surface area contributed by atoms with Crippen molar-refractivity contribution in [2.75, 3.05) is 6.61 Å². The lowest BCUT2D eigenvalue weighted by molar-refractivity contribution is -0.123. The number of rotatable bonds is 11. The topological polar surface area (TPSA) is 118 Å². The Morgan fingerprint density at radius 1 is 1.24 bits per heavy atom. The minimum absolute atomic E-state index is 0.0879. The number of carbonyl (C=O) groups excluding carboxylic acids is 2. The Morgan fingerprint density at radius 3 is 2.76 bits per heavy atom. The first-order valence-electron chi connectivity index (χ1n) is 10.4. The molecule has 2 amide bonds. The minimum Gasteiger partial charge on any atom is -0.488 e. The Morgan fingerprint density at radius 2 is 2.06 bits per heavy atom. The Kier molecular flexibility index (Phi) is 9.41. The average Bonchev–Trinajstić information content (AvgIpc) is 3.35. The van der Waals surface area contributed by atoms with Crippen LogP contribution in [0.25, 0.3) is 0 Å². The van der Waals surface area contributed by atoms with Crippen molar-refractivity contribution in [3.8, 4) is 5.75 Å². The van der Waals surface area contributed by atoms with E-state index in [1.54, 1.807) is 30.5 Å². The second-order valence-electron chi connectivity index (χ2n) is 7.06. The number of carbonyl (C=O) groups is 2. The number of hydrogen-bond donors (Lipinski definition) is 3. The van der Waals surface area contributed by atoms with E-state index in [4.69, 9.17) is 9.47 Å². The molecule has 1 atom stereocenters. The van der Waals surface area contributed by atoms with E-state index in [0.717, 1.165) is 15.6 Å². The molecule has 0 saturated carbocycles. The summed E-state index contributed by atoms with van der Waals surface area (Å²) in [5.41, 5.74) is 4.70. The summed E-state index contributed by atoms with van der Waals surface area (Å²) < 4.78 is 11.5. The van der Waals surface area contributed by atoms with Crippen LogP contribution in [0.1, 0.15) is 16.8 Å². The third-order valence-electron chi connectivity index (χ3n) is 4.50. The number of imidazole rings is 1. The number of nitrogens with zero attached hydrogens (tertiary/aromatic N) is 2. The number of aromatic nitrogens is 2. The van der Waals surface area contributed by atoms with E-state index in [-0.39, 0.29) is 13.0 Å². The molecule has 0 fully saturated rings. The summed E-state index contributed by atoms with van der Waals surface area (Å²) in [6.07, 6.45) is 5.68. The summed E-state index contributed by atoms with van der Waals surface area (Å²) in [5, 5.41) is 6.59. The molecular weight excluding hydrogens is 502 g/mol. The number of aromatic amines is 1. The molecule has 2 aromatic carbocycles. The Hall–Kier alpha value is -3.92. The molecule has 10 heteroatoms. The van der Waals surface area contributed by atoms with Crippen molar-refractivity contribution in [2.24, 2.45) is 5.10 Å². The van der Waals surface area contributed by atoms with E-state index in [2.05, 4.69) is 48.3 Å². The number of alkyl carbamates (subject to hydrolysis) is 1. The van der Waals surface area contributed by atoms with Crippen LogP contribution in [0, 0.1) is 0 Å². The van der Waals surface area contributed by atoms with Crippen molar-refractivity contribution >= 4 is 34.1 Å². The third-order valence-corrected chi connectivity index (χ3v) is 5.12. The molecule has 3 aromatic rings. The van der Waals surface area contributed by atoms with E-state index < -0.39 is 18.0 Å². The Balaban J connectivity index is 1.59. The lowest BCUT2D eigenvalue weighted by Gasteiger charge is -2.16. The van der Waals surface area contributed by atoms with E-state index in [9.17, 15) is 9.59 Å². The van der Waals surface area contributed by atoms with Crippen LogP contribution in [-0.2, 0) is 22.6 Å². The van der Waals surface area contributed by atoms with Gasteiger partial charge >= 0.3 is 6.09 Å². The van der Waals surface area contributed by atoms with Gasteiger partial charge in [0.1, 0.15) is 25.0 Å². The summed E-state index contributed by atoms with van der Waals surface area (Å²) in [6.45, 7) is 4.10. The van der Waals surface area contributed by atoms with E-state index in [1.807, 2.05) is 30.3 Å². The van der Waals surface area contributed by atoms with Crippen LogP contribution >= 0.6 is 15.9 Å². The predicted molar refractivity (Wildman–Crippen MR) is 131 cm³/mol. The lowest BCUT2D eigenvalue weighted by atomic mass is 10.1. The van der Waals surface area contributed by atoms with Crippen molar-refractivity contribution < 1.29 is 19.1 Å². The second kappa shape index (κ2) is 12.9. The molecule has 3 N–H and O–H groups in total. The smallest absolute Gasteiger partial charge is 0.408 e. The first-order valence-corrected chi connectivity index (χ1v) is 11.1. The molecule has 0 spiro atoms. The van der Waals surface area contributed by atoms with Gasteiger partial charge in [0.15, 0.2) is 0 Å². The predicted octanol–water partition coefficient (Wildman–Crippen LogP) is 3.72. The largest absolute Gasteiger partial charge is 0.488 e. The molecular formula is C24H24BrN5O4. The number of ether oxygens (including phenoxy) is 2. The van der Waals surface area contributed by atoms with Gasteiger partial charge in [-0.15, -0.1) is 0 Å². The summed E-state index contributed by atoms with van der Waals surface area (Å²) in [4.78, 5) is 31.9. The van der Waals surface area contributed by atoms with Crippen LogP contribution in [0.3, 0.4) is 0 Å². The highest BCUT2D eigenvalue weighted by molar-refractivity contribution is 9.10. The highest BCUT2D eigenvalue weighted by Crippen LogP contribution is 2.25. The fraction of sp³-hybridized carbons (Fsp3) is 0.167. The standard InChI is InChI=1S/C24H24BrN5O4/c1-2-10-33-22-9-8-18(11-20(22)25)13-28-30-23(31)21(12-19-14-26-16-27-19)29-24(32)34-15-17-6-4-3-5-7-17/h2-9,11,13-14,16,21H,1,10,12,15H2,(H,26,27)(H,29,32)(H,30,31)/b28-13-/t21-/m1/s1. The van der Waals surface area contributed by atoms with Gasteiger partial charge in [-0.05, 0) is 45.3 Å². The molecule has 176 valence electrons. The van der Waals surface area contributed by atoms with Gasteiger partial charge in [-0.1, -0.05) is 43.0 Å². The lowest BCUT2D eigenvalue weighted by Crippen LogP contribution is -2.47. The van der Waals surface area contributed by atoms with E-state index >= 15 is 0 Å². The number of H-pyrrole nitrogens is 1. The molecule has 9 nitrogen and oxygen atoms in total. The van der Waals surface area contributed by atoms with Crippen molar-refractivity contribution in [3.63, 3.8) is 0 Å². The number of hydrazone groups is 1. The van der Waals surface area contributed by atoms with E-state index in [1.165, 1.54) is 12.5 Å². The zero-order valence-corrected chi connectivity index (χ0v) is 19.8. The SMILES string of the molecule is C=CCOc1ccc(/C=N\NC(=O)[C@@H](Cc2cnc[nH]2)NC(=O)OCc2ccccc2)cc1Br. The molecule has 0 aliphatic heterocycles. The van der Waals surface area contributed by atoms with Crippen molar-refractivity contribution in [2.45, 2.75) is 19.1 Å². The van der Waals surface area contributed by atoms with Crippen LogP contribution in [0.2, 0.25) is 0 Å². The van der Waals surface area contributed by atoms with Crippen LogP contribution in [0.4, 0.5) is 4.79 Å². The van der Waals surface area contributed by atoms with Gasteiger partial charge in [0, 0.05) is 18.3 Å². The maximum Gasteiger partial charge on any atom is 0.408 e. The highest BCUT2D eigenvalue weighted by atomic mass is 79.9. The molecule has 0 aliphatic rings. The van der Waals surface area contributed by atoms with Crippen molar-refractivity contribution in [1.29, 1.82) is 0 Å². The zero-order valence-electron chi connectivity index (χ0n) is 18.2. The normalized spacial score (nSPS) is 11.6. The maximum absolute atomic E-state index is 12.7. The summed E-state index contributed by atoms with van der Waals surface area (Å²) in [5.74, 6) is 0.159. The summed E-state index contributed by atoms with van der Waals surface area (Å²) in [6, 6.07) is 13.7. The van der Waals surface area contributed by atoms with Gasteiger partial charge in [0.25, 0.3) is 5.91 Å². The fourth-order valence-corrected chi connectivity index (χ4v) is 3.36. The number of hydrogen-bond acceptors (Lipinski definition) is 6. The second-order valence-corrected chi connectivity index (χ2v) is 7.92. The fourth-order valence-electron chi connectivity index (χ4n) is 2.84. The number of nitrogens with one attached hydrogen (secondary N) is 3. The first-order chi connectivity index (χ1) is 16.5. The van der Waals surface area contributed by atoms with Gasteiger partial charge in [0.05, 0.1) is 17.0 Å².